The minimum Gasteiger partial charge on any atom is -0.339 e. The molecular formula is C18H26N2O. The van der Waals surface area contributed by atoms with E-state index < -0.39 is 0 Å². The molecular weight excluding hydrogens is 260 g/mol. The molecule has 114 valence electrons. The van der Waals surface area contributed by atoms with Gasteiger partial charge in [0.15, 0.2) is 0 Å². The van der Waals surface area contributed by atoms with Gasteiger partial charge in [-0.1, -0.05) is 30.3 Å². The fourth-order valence-corrected chi connectivity index (χ4v) is 3.90. The minimum absolute atomic E-state index is 0.221. The van der Waals surface area contributed by atoms with Crippen molar-refractivity contribution >= 4 is 5.91 Å². The fraction of sp³-hybridized carbons (Fsp3) is 0.611. The molecule has 4 atom stereocenters. The number of amides is 1. The van der Waals surface area contributed by atoms with Crippen molar-refractivity contribution in [3.05, 3.63) is 35.9 Å². The molecule has 1 amide bonds. The van der Waals surface area contributed by atoms with Gasteiger partial charge in [-0.15, -0.1) is 0 Å². The average Bonchev–Trinajstić information content (AvgIpc) is 2.89. The van der Waals surface area contributed by atoms with Crippen molar-refractivity contribution in [2.24, 2.45) is 5.92 Å². The zero-order chi connectivity index (χ0) is 14.8. The van der Waals surface area contributed by atoms with Crippen molar-refractivity contribution in [1.29, 1.82) is 0 Å². The third-order valence-electron chi connectivity index (χ3n) is 5.10. The maximum Gasteiger partial charge on any atom is 0.226 e. The second-order valence-electron chi connectivity index (χ2n) is 6.76. The molecule has 21 heavy (non-hydrogen) atoms. The van der Waals surface area contributed by atoms with Crippen molar-refractivity contribution in [3.8, 4) is 0 Å². The number of carbonyl (C=O) groups excluding carboxylic acids is 1. The van der Waals surface area contributed by atoms with Crippen LogP contribution in [0.25, 0.3) is 0 Å². The number of hydrogen-bond acceptors (Lipinski definition) is 2. The van der Waals surface area contributed by atoms with Gasteiger partial charge in [-0.25, -0.2) is 0 Å². The van der Waals surface area contributed by atoms with Gasteiger partial charge in [0.2, 0.25) is 5.91 Å². The van der Waals surface area contributed by atoms with Gasteiger partial charge >= 0.3 is 0 Å². The van der Waals surface area contributed by atoms with Crippen LogP contribution in [0.15, 0.2) is 30.3 Å². The molecule has 0 aliphatic carbocycles. The van der Waals surface area contributed by atoms with Crippen molar-refractivity contribution < 1.29 is 4.79 Å². The molecule has 2 unspecified atom stereocenters. The summed E-state index contributed by atoms with van der Waals surface area (Å²) >= 11 is 0. The van der Waals surface area contributed by atoms with E-state index in [-0.39, 0.29) is 5.92 Å². The normalized spacial score (nSPS) is 33.1. The number of rotatable bonds is 2. The molecule has 2 aliphatic rings. The summed E-state index contributed by atoms with van der Waals surface area (Å²) < 4.78 is 0. The van der Waals surface area contributed by atoms with Gasteiger partial charge in [0.05, 0.1) is 0 Å². The first-order chi connectivity index (χ1) is 10.1. The van der Waals surface area contributed by atoms with E-state index in [1.807, 2.05) is 0 Å². The Morgan fingerprint density at radius 3 is 2.67 bits per heavy atom. The molecule has 1 aromatic rings. The summed E-state index contributed by atoms with van der Waals surface area (Å²) in [5, 5.41) is 3.43. The highest BCUT2D eigenvalue weighted by molar-refractivity contribution is 5.79. The van der Waals surface area contributed by atoms with Crippen molar-refractivity contribution in [3.63, 3.8) is 0 Å². The first kappa shape index (κ1) is 14.6. The van der Waals surface area contributed by atoms with Crippen molar-refractivity contribution in [2.75, 3.05) is 13.1 Å². The molecule has 0 aromatic heterocycles. The number of likely N-dealkylation sites (tertiary alicyclic amines) is 1. The molecule has 0 radical (unpaired) electrons. The predicted octanol–water partition coefficient (Wildman–Crippen LogP) is 2.78. The van der Waals surface area contributed by atoms with Crippen LogP contribution in [0.2, 0.25) is 0 Å². The lowest BCUT2D eigenvalue weighted by atomic mass is 9.92. The maximum absolute atomic E-state index is 12.8. The van der Waals surface area contributed by atoms with Gasteiger partial charge in [-0.3, -0.25) is 4.79 Å². The molecule has 1 N–H and O–H groups in total. The highest BCUT2D eigenvalue weighted by Gasteiger charge is 2.37. The number of carbonyl (C=O) groups is 1. The van der Waals surface area contributed by atoms with Crippen LogP contribution in [0.5, 0.6) is 0 Å². The van der Waals surface area contributed by atoms with Gasteiger partial charge < -0.3 is 10.2 Å². The first-order valence-corrected chi connectivity index (χ1v) is 8.24. The Balaban J connectivity index is 1.67. The molecule has 2 aliphatic heterocycles. The van der Waals surface area contributed by atoms with E-state index >= 15 is 0 Å². The Morgan fingerprint density at radius 1 is 1.19 bits per heavy atom. The zero-order valence-electron chi connectivity index (χ0n) is 13.1. The van der Waals surface area contributed by atoms with Crippen LogP contribution in [0.4, 0.5) is 0 Å². The smallest absolute Gasteiger partial charge is 0.226 e. The second-order valence-corrected chi connectivity index (χ2v) is 6.76. The first-order valence-electron chi connectivity index (χ1n) is 8.24. The Labute approximate surface area is 127 Å². The van der Waals surface area contributed by atoms with Crippen LogP contribution >= 0.6 is 0 Å². The topological polar surface area (TPSA) is 32.3 Å². The van der Waals surface area contributed by atoms with Crippen molar-refractivity contribution in [1.82, 2.24) is 10.2 Å². The van der Waals surface area contributed by atoms with Gasteiger partial charge in [0.1, 0.15) is 0 Å². The summed E-state index contributed by atoms with van der Waals surface area (Å²) in [6.45, 7) is 6.25. The van der Waals surface area contributed by atoms with E-state index in [1.165, 1.54) is 5.56 Å². The van der Waals surface area contributed by atoms with E-state index in [0.717, 1.165) is 32.4 Å². The van der Waals surface area contributed by atoms with Crippen LogP contribution in [-0.2, 0) is 4.79 Å². The Hall–Kier alpha value is -1.35. The maximum atomic E-state index is 12.8. The lowest BCUT2D eigenvalue weighted by Crippen LogP contribution is -2.45. The molecule has 1 aromatic carbocycles. The van der Waals surface area contributed by atoms with Crippen LogP contribution in [0, 0.1) is 5.92 Å². The average molecular weight is 286 g/mol. The van der Waals surface area contributed by atoms with Crippen LogP contribution in [-0.4, -0.2) is 36.0 Å². The van der Waals surface area contributed by atoms with Gasteiger partial charge in [-0.2, -0.15) is 0 Å². The van der Waals surface area contributed by atoms with E-state index in [4.69, 9.17) is 0 Å². The summed E-state index contributed by atoms with van der Waals surface area (Å²) in [4.78, 5) is 15.0. The summed E-state index contributed by atoms with van der Waals surface area (Å²) in [7, 11) is 0. The van der Waals surface area contributed by atoms with Crippen LogP contribution < -0.4 is 5.32 Å². The van der Waals surface area contributed by atoms with Gasteiger partial charge in [-0.05, 0) is 45.2 Å². The van der Waals surface area contributed by atoms with Gasteiger partial charge in [0, 0.05) is 30.5 Å². The zero-order valence-corrected chi connectivity index (χ0v) is 13.1. The molecule has 0 saturated carbocycles. The largest absolute Gasteiger partial charge is 0.339 e. The van der Waals surface area contributed by atoms with Gasteiger partial charge in [0.25, 0.3) is 0 Å². The van der Waals surface area contributed by atoms with E-state index in [1.54, 1.807) is 0 Å². The summed E-state index contributed by atoms with van der Waals surface area (Å²) in [6.07, 6.45) is 3.07. The molecule has 3 rings (SSSR count). The monoisotopic (exact) mass is 286 g/mol. The molecule has 0 bridgehead atoms. The summed E-state index contributed by atoms with van der Waals surface area (Å²) in [5.74, 6) is 1.11. The van der Waals surface area contributed by atoms with Crippen LogP contribution in [0.3, 0.4) is 0 Å². The minimum atomic E-state index is 0.221. The highest BCUT2D eigenvalue weighted by atomic mass is 16.2. The predicted molar refractivity (Wildman–Crippen MR) is 85.2 cm³/mol. The van der Waals surface area contributed by atoms with E-state index in [2.05, 4.69) is 54.4 Å². The molecule has 3 nitrogen and oxygen atoms in total. The molecule has 2 saturated heterocycles. The van der Waals surface area contributed by atoms with Crippen molar-refractivity contribution in [2.45, 2.75) is 51.1 Å². The van der Waals surface area contributed by atoms with Crippen LogP contribution in [0.1, 0.15) is 44.6 Å². The number of benzene rings is 1. The molecule has 3 heteroatoms. The third kappa shape index (κ3) is 3.13. The lowest BCUT2D eigenvalue weighted by Gasteiger charge is -2.32. The molecule has 2 fully saturated rings. The quantitative estimate of drug-likeness (QED) is 0.906. The van der Waals surface area contributed by atoms with E-state index in [9.17, 15) is 4.79 Å². The standard InChI is InChI=1S/C18H26N2O/c1-13-10-16(8-9-19-13)18(21)20-12-17(11-14(20)2)15-6-4-3-5-7-15/h3-7,13-14,16-17,19H,8-12H2,1-2H3/t13-,14?,16-,17?/m0/s1. The lowest BCUT2D eigenvalue weighted by molar-refractivity contribution is -0.137. The van der Waals surface area contributed by atoms with E-state index in [0.29, 0.717) is 23.9 Å². The highest BCUT2D eigenvalue weighted by Crippen LogP contribution is 2.33. The summed E-state index contributed by atoms with van der Waals surface area (Å²) in [5.41, 5.74) is 1.37. The molecule has 2 heterocycles. The number of nitrogens with one attached hydrogen (secondary N) is 1. The Bertz CT molecular complexity index is 487. The summed E-state index contributed by atoms with van der Waals surface area (Å²) in [6, 6.07) is 11.5. The Kier molecular flexibility index (Phi) is 4.29. The fourth-order valence-electron chi connectivity index (χ4n) is 3.90. The second kappa shape index (κ2) is 6.18. The SMILES string of the molecule is CC1CC(c2ccccc2)CN1C(=O)[C@H]1CCN[C@@H](C)C1. The number of piperidine rings is 1. The molecule has 0 spiro atoms. The number of hydrogen-bond donors (Lipinski definition) is 1. The third-order valence-corrected chi connectivity index (χ3v) is 5.10. The number of nitrogens with zero attached hydrogens (tertiary/aromatic N) is 1. The Morgan fingerprint density at radius 2 is 1.95 bits per heavy atom.